The summed E-state index contributed by atoms with van der Waals surface area (Å²) in [6.07, 6.45) is -2.78. The lowest BCUT2D eigenvalue weighted by Gasteiger charge is -2.52. The van der Waals surface area contributed by atoms with E-state index in [1.165, 1.54) is 12.1 Å². The van der Waals surface area contributed by atoms with E-state index in [0.29, 0.717) is 56.9 Å². The zero-order valence-corrected chi connectivity index (χ0v) is 18.4. The van der Waals surface area contributed by atoms with Crippen molar-refractivity contribution >= 4 is 12.0 Å². The van der Waals surface area contributed by atoms with Gasteiger partial charge in [-0.15, -0.1) is 0 Å². The molecule has 1 aromatic carbocycles. The van der Waals surface area contributed by atoms with E-state index in [9.17, 15) is 22.8 Å². The van der Waals surface area contributed by atoms with Gasteiger partial charge in [0.2, 0.25) is 5.91 Å². The third-order valence-corrected chi connectivity index (χ3v) is 6.96. The van der Waals surface area contributed by atoms with Gasteiger partial charge in [0, 0.05) is 38.3 Å². The standard InChI is InChI=1S/C23H29F3N2O4/c1-15(2)19-14-32-22-10-11-27(13-18(22)7-8-20(29)28(19)22)21(30)31-12-9-16-3-5-17(6-4-16)23(24,25)26/h3-6,15,18-19H,7-14H2,1-2H3/t18-,19-,22-/m1/s1. The number of alkyl halides is 3. The van der Waals surface area contributed by atoms with Crippen molar-refractivity contribution in [2.24, 2.45) is 11.8 Å². The highest BCUT2D eigenvalue weighted by Gasteiger charge is 2.59. The van der Waals surface area contributed by atoms with Gasteiger partial charge in [0.15, 0.2) is 0 Å². The van der Waals surface area contributed by atoms with E-state index in [1.807, 2.05) is 4.90 Å². The third-order valence-electron chi connectivity index (χ3n) is 6.96. The number of carbonyl (C=O) groups excluding carboxylic acids is 2. The summed E-state index contributed by atoms with van der Waals surface area (Å²) in [4.78, 5) is 28.9. The Bertz CT molecular complexity index is 858. The normalized spacial score (nSPS) is 28.0. The molecule has 1 spiro atoms. The first kappa shape index (κ1) is 22.9. The van der Waals surface area contributed by atoms with Gasteiger partial charge in [0.05, 0.1) is 24.8 Å². The molecule has 1 aromatic rings. The molecule has 176 valence electrons. The van der Waals surface area contributed by atoms with E-state index in [4.69, 9.17) is 9.47 Å². The molecule has 0 aliphatic carbocycles. The number of rotatable bonds is 4. The van der Waals surface area contributed by atoms with Crippen molar-refractivity contribution in [2.75, 3.05) is 26.3 Å². The Morgan fingerprint density at radius 2 is 2.00 bits per heavy atom. The summed E-state index contributed by atoms with van der Waals surface area (Å²) in [5.74, 6) is 0.468. The maximum Gasteiger partial charge on any atom is 0.416 e. The number of nitrogens with zero attached hydrogens (tertiary/aromatic N) is 2. The number of amides is 2. The largest absolute Gasteiger partial charge is 0.449 e. The monoisotopic (exact) mass is 454 g/mol. The predicted octanol–water partition coefficient (Wildman–Crippen LogP) is 4.08. The van der Waals surface area contributed by atoms with Crippen LogP contribution in [0.3, 0.4) is 0 Å². The van der Waals surface area contributed by atoms with Gasteiger partial charge in [-0.1, -0.05) is 26.0 Å². The number of benzene rings is 1. The van der Waals surface area contributed by atoms with Crippen molar-refractivity contribution in [3.8, 4) is 0 Å². The van der Waals surface area contributed by atoms with Crippen LogP contribution in [0.15, 0.2) is 24.3 Å². The predicted molar refractivity (Wildman–Crippen MR) is 110 cm³/mol. The number of ether oxygens (including phenoxy) is 2. The maximum absolute atomic E-state index is 12.7. The van der Waals surface area contributed by atoms with Crippen LogP contribution in [0.5, 0.6) is 0 Å². The molecule has 6 nitrogen and oxygen atoms in total. The molecule has 3 fully saturated rings. The molecule has 9 heteroatoms. The van der Waals surface area contributed by atoms with E-state index < -0.39 is 23.6 Å². The topological polar surface area (TPSA) is 59.1 Å². The molecule has 3 aliphatic rings. The van der Waals surface area contributed by atoms with Crippen LogP contribution in [0.2, 0.25) is 0 Å². The summed E-state index contributed by atoms with van der Waals surface area (Å²) in [5.41, 5.74) is -0.653. The minimum Gasteiger partial charge on any atom is -0.449 e. The fraction of sp³-hybridized carbons (Fsp3) is 0.652. The highest BCUT2D eigenvalue weighted by atomic mass is 19.4. The Morgan fingerprint density at radius 3 is 2.66 bits per heavy atom. The molecule has 4 rings (SSSR count). The second kappa shape index (κ2) is 8.57. The Morgan fingerprint density at radius 1 is 1.28 bits per heavy atom. The van der Waals surface area contributed by atoms with Gasteiger partial charge in [0.25, 0.3) is 0 Å². The van der Waals surface area contributed by atoms with Crippen molar-refractivity contribution in [1.82, 2.24) is 9.80 Å². The first-order valence-corrected chi connectivity index (χ1v) is 11.2. The van der Waals surface area contributed by atoms with Crippen LogP contribution in [-0.2, 0) is 26.9 Å². The molecule has 0 saturated carbocycles. The second-order valence-corrected chi connectivity index (χ2v) is 9.22. The number of halogens is 3. The van der Waals surface area contributed by atoms with Gasteiger partial charge >= 0.3 is 12.3 Å². The molecule has 0 N–H and O–H groups in total. The quantitative estimate of drug-likeness (QED) is 0.688. The fourth-order valence-corrected chi connectivity index (χ4v) is 5.16. The zero-order valence-electron chi connectivity index (χ0n) is 18.4. The second-order valence-electron chi connectivity index (χ2n) is 9.22. The van der Waals surface area contributed by atoms with Crippen LogP contribution < -0.4 is 0 Å². The lowest BCUT2D eigenvalue weighted by molar-refractivity contribution is -0.190. The molecule has 32 heavy (non-hydrogen) atoms. The number of carbonyl (C=O) groups is 2. The summed E-state index contributed by atoms with van der Waals surface area (Å²) in [7, 11) is 0. The van der Waals surface area contributed by atoms with Crippen molar-refractivity contribution in [3.05, 3.63) is 35.4 Å². The molecular weight excluding hydrogens is 425 g/mol. The molecular formula is C23H29F3N2O4. The average Bonchev–Trinajstić information content (AvgIpc) is 3.14. The highest BCUT2D eigenvalue weighted by molar-refractivity contribution is 5.79. The summed E-state index contributed by atoms with van der Waals surface area (Å²) in [5, 5.41) is 0. The minimum absolute atomic E-state index is 0.0418. The molecule has 3 heterocycles. The minimum atomic E-state index is -4.37. The van der Waals surface area contributed by atoms with E-state index in [-0.39, 0.29) is 24.5 Å². The Hall–Kier alpha value is -2.29. The highest BCUT2D eigenvalue weighted by Crippen LogP contribution is 2.47. The number of hydrogen-bond donors (Lipinski definition) is 0. The SMILES string of the molecule is CC(C)[C@H]1CO[C@]23CCN(C(=O)OCCc4ccc(C(F)(F)F)cc4)C[C@H]2CCC(=O)N13. The molecule has 3 saturated heterocycles. The van der Waals surface area contributed by atoms with Gasteiger partial charge in [-0.05, 0) is 30.0 Å². The van der Waals surface area contributed by atoms with Crippen molar-refractivity contribution in [3.63, 3.8) is 0 Å². The lowest BCUT2D eigenvalue weighted by Crippen LogP contribution is -2.65. The van der Waals surface area contributed by atoms with Crippen molar-refractivity contribution in [1.29, 1.82) is 0 Å². The molecule has 3 aliphatic heterocycles. The first-order valence-electron chi connectivity index (χ1n) is 11.2. The third kappa shape index (κ3) is 4.19. The summed E-state index contributed by atoms with van der Waals surface area (Å²) in [6, 6.07) is 4.93. The van der Waals surface area contributed by atoms with Crippen LogP contribution >= 0.6 is 0 Å². The van der Waals surface area contributed by atoms with Crippen LogP contribution in [0.4, 0.5) is 18.0 Å². The van der Waals surface area contributed by atoms with Crippen molar-refractivity contribution in [2.45, 2.75) is 57.5 Å². The Kier molecular flexibility index (Phi) is 6.13. The molecule has 0 unspecified atom stereocenters. The van der Waals surface area contributed by atoms with Gasteiger partial charge in [-0.25, -0.2) is 4.79 Å². The summed E-state index contributed by atoms with van der Waals surface area (Å²) in [6.45, 7) is 5.70. The van der Waals surface area contributed by atoms with Gasteiger partial charge in [-0.2, -0.15) is 13.2 Å². The lowest BCUT2D eigenvalue weighted by atomic mass is 9.79. The summed E-state index contributed by atoms with van der Waals surface area (Å²) >= 11 is 0. The molecule has 2 amide bonds. The van der Waals surface area contributed by atoms with Gasteiger partial charge in [0.1, 0.15) is 5.72 Å². The summed E-state index contributed by atoms with van der Waals surface area (Å²) < 4.78 is 49.6. The number of hydrogen-bond acceptors (Lipinski definition) is 4. The molecule has 0 aromatic heterocycles. The van der Waals surface area contributed by atoms with Crippen LogP contribution in [-0.4, -0.2) is 59.9 Å². The maximum atomic E-state index is 12.7. The van der Waals surface area contributed by atoms with E-state index >= 15 is 0 Å². The van der Waals surface area contributed by atoms with Gasteiger partial charge in [-0.3, -0.25) is 4.79 Å². The zero-order chi connectivity index (χ0) is 23.1. The van der Waals surface area contributed by atoms with Crippen LogP contribution in [0.25, 0.3) is 0 Å². The van der Waals surface area contributed by atoms with Crippen molar-refractivity contribution < 1.29 is 32.2 Å². The Balaban J connectivity index is 1.32. The van der Waals surface area contributed by atoms with E-state index in [0.717, 1.165) is 12.1 Å². The number of likely N-dealkylation sites (tertiary alicyclic amines) is 1. The molecule has 0 radical (unpaired) electrons. The Labute approximate surface area is 185 Å². The van der Waals surface area contributed by atoms with Crippen LogP contribution in [0, 0.1) is 11.8 Å². The first-order chi connectivity index (χ1) is 15.1. The van der Waals surface area contributed by atoms with Gasteiger partial charge < -0.3 is 19.3 Å². The average molecular weight is 454 g/mol. The van der Waals surface area contributed by atoms with E-state index in [2.05, 4.69) is 13.8 Å². The van der Waals surface area contributed by atoms with Crippen LogP contribution in [0.1, 0.15) is 44.2 Å². The molecule has 3 atom stereocenters. The van der Waals surface area contributed by atoms with E-state index in [1.54, 1.807) is 4.90 Å². The smallest absolute Gasteiger partial charge is 0.416 e. The fourth-order valence-electron chi connectivity index (χ4n) is 5.16. The molecule has 0 bridgehead atoms. The number of piperidine rings is 2.